The number of morpholine rings is 1. The first-order chi connectivity index (χ1) is 17.1. The van der Waals surface area contributed by atoms with E-state index < -0.39 is 57.5 Å². The Balaban J connectivity index is 1.72. The standard InChI is InChI=1S/C21H17ClF6N2O6S/c22-16-2-1-15(10-17(16)37(33,34)30-3-5-35-6-4-30)29-18(31)11-36-19(32)12-7-13(20(23,24)25)9-14(8-12)21(26,27)28/h1-2,7-10H,3-6,11H2,(H,29,31). The Labute approximate surface area is 211 Å². The van der Waals surface area contributed by atoms with Crippen LogP contribution in [0.1, 0.15) is 21.5 Å². The summed E-state index contributed by atoms with van der Waals surface area (Å²) < 4.78 is 114. The molecule has 1 heterocycles. The van der Waals surface area contributed by atoms with Gasteiger partial charge in [-0.2, -0.15) is 30.6 Å². The Morgan fingerprint density at radius 1 is 0.973 bits per heavy atom. The van der Waals surface area contributed by atoms with Crippen molar-refractivity contribution in [2.45, 2.75) is 17.2 Å². The summed E-state index contributed by atoms with van der Waals surface area (Å²) in [6.07, 6.45) is -10.4. The minimum absolute atomic E-state index is 0.0734. The van der Waals surface area contributed by atoms with E-state index in [0.29, 0.717) is 0 Å². The van der Waals surface area contributed by atoms with Crippen molar-refractivity contribution in [2.75, 3.05) is 38.2 Å². The van der Waals surface area contributed by atoms with Crippen LogP contribution in [0.25, 0.3) is 0 Å². The molecule has 0 unspecified atom stereocenters. The maximum Gasteiger partial charge on any atom is 0.416 e. The summed E-state index contributed by atoms with van der Waals surface area (Å²) in [5.41, 5.74) is -4.60. The number of carbonyl (C=O) groups excluding carboxylic acids is 2. The molecular formula is C21H17ClF6N2O6S. The number of alkyl halides is 6. The third kappa shape index (κ3) is 7.12. The van der Waals surface area contributed by atoms with Gasteiger partial charge in [-0.25, -0.2) is 13.2 Å². The second-order valence-electron chi connectivity index (χ2n) is 7.58. The Hall–Kier alpha value is -2.88. The van der Waals surface area contributed by atoms with Crippen LogP contribution in [-0.2, 0) is 36.6 Å². The molecule has 1 aliphatic heterocycles. The number of amides is 1. The highest BCUT2D eigenvalue weighted by Crippen LogP contribution is 2.36. The minimum atomic E-state index is -5.18. The van der Waals surface area contributed by atoms with E-state index in [1.807, 2.05) is 0 Å². The van der Waals surface area contributed by atoms with Crippen LogP contribution in [0.3, 0.4) is 0 Å². The van der Waals surface area contributed by atoms with E-state index in [1.54, 1.807) is 0 Å². The predicted octanol–water partition coefficient (Wildman–Crippen LogP) is 4.19. The van der Waals surface area contributed by atoms with Gasteiger partial charge in [0.15, 0.2) is 6.61 Å². The maximum absolute atomic E-state index is 13.0. The molecule has 2 aromatic rings. The summed E-state index contributed by atoms with van der Waals surface area (Å²) in [5.74, 6) is -2.66. The Morgan fingerprint density at radius 3 is 2.08 bits per heavy atom. The zero-order chi connectivity index (χ0) is 27.6. The smallest absolute Gasteiger partial charge is 0.416 e. The second-order valence-corrected chi connectivity index (χ2v) is 9.89. The van der Waals surface area contributed by atoms with Gasteiger partial charge in [-0.1, -0.05) is 11.6 Å². The number of ether oxygens (including phenoxy) is 2. The number of nitrogens with one attached hydrogen (secondary N) is 1. The number of nitrogens with zero attached hydrogens (tertiary/aromatic N) is 1. The van der Waals surface area contributed by atoms with Gasteiger partial charge in [0.1, 0.15) is 4.90 Å². The lowest BCUT2D eigenvalue weighted by molar-refractivity contribution is -0.143. The van der Waals surface area contributed by atoms with Crippen LogP contribution >= 0.6 is 11.6 Å². The van der Waals surface area contributed by atoms with Gasteiger partial charge in [-0.05, 0) is 36.4 Å². The fourth-order valence-electron chi connectivity index (χ4n) is 3.19. The van der Waals surface area contributed by atoms with Crippen molar-refractivity contribution in [1.82, 2.24) is 4.31 Å². The van der Waals surface area contributed by atoms with Crippen molar-refractivity contribution in [2.24, 2.45) is 0 Å². The van der Waals surface area contributed by atoms with Gasteiger partial charge in [-0.15, -0.1) is 0 Å². The molecule has 0 radical (unpaired) electrons. The second kappa shape index (κ2) is 10.8. The molecular weight excluding hydrogens is 558 g/mol. The summed E-state index contributed by atoms with van der Waals surface area (Å²) in [7, 11) is -4.04. The number of hydrogen-bond donors (Lipinski definition) is 1. The van der Waals surface area contributed by atoms with Gasteiger partial charge >= 0.3 is 18.3 Å². The Kier molecular flexibility index (Phi) is 8.41. The van der Waals surface area contributed by atoms with Crippen LogP contribution in [0.5, 0.6) is 0 Å². The van der Waals surface area contributed by atoms with Crippen molar-refractivity contribution in [1.29, 1.82) is 0 Å². The molecule has 0 atom stereocenters. The summed E-state index contributed by atoms with van der Waals surface area (Å²) in [6.45, 7) is -0.581. The number of hydrogen-bond acceptors (Lipinski definition) is 6. The zero-order valence-electron chi connectivity index (χ0n) is 18.5. The number of carbonyl (C=O) groups is 2. The minimum Gasteiger partial charge on any atom is -0.452 e. The first-order valence-electron chi connectivity index (χ1n) is 10.2. The molecule has 1 aliphatic rings. The van der Waals surface area contributed by atoms with Gasteiger partial charge in [-0.3, -0.25) is 4.79 Å². The molecule has 16 heteroatoms. The monoisotopic (exact) mass is 574 g/mol. The van der Waals surface area contributed by atoms with Crippen molar-refractivity contribution >= 4 is 39.2 Å². The quantitative estimate of drug-likeness (QED) is 0.410. The predicted molar refractivity (Wildman–Crippen MR) is 116 cm³/mol. The average molecular weight is 575 g/mol. The van der Waals surface area contributed by atoms with Crippen molar-refractivity contribution in [3.63, 3.8) is 0 Å². The third-order valence-corrected chi connectivity index (χ3v) is 7.34. The molecule has 37 heavy (non-hydrogen) atoms. The number of benzene rings is 2. The van der Waals surface area contributed by atoms with Gasteiger partial charge < -0.3 is 14.8 Å². The Bertz CT molecular complexity index is 1260. The lowest BCUT2D eigenvalue weighted by atomic mass is 10.0. The first-order valence-corrected chi connectivity index (χ1v) is 12.0. The van der Waals surface area contributed by atoms with Crippen LogP contribution in [-0.4, -0.2) is 57.5 Å². The molecule has 0 aliphatic carbocycles. The van der Waals surface area contributed by atoms with Crippen LogP contribution in [0.2, 0.25) is 5.02 Å². The number of rotatable bonds is 6. The number of sulfonamides is 1. The van der Waals surface area contributed by atoms with Crippen LogP contribution in [0, 0.1) is 0 Å². The van der Waals surface area contributed by atoms with E-state index in [4.69, 9.17) is 16.3 Å². The van der Waals surface area contributed by atoms with Gasteiger partial charge in [0, 0.05) is 18.8 Å². The normalized spacial score (nSPS) is 15.3. The maximum atomic E-state index is 13.0. The molecule has 2 aromatic carbocycles. The van der Waals surface area contributed by atoms with E-state index in [1.165, 1.54) is 12.1 Å². The van der Waals surface area contributed by atoms with Crippen molar-refractivity contribution in [3.8, 4) is 0 Å². The highest BCUT2D eigenvalue weighted by atomic mass is 35.5. The van der Waals surface area contributed by atoms with Crippen molar-refractivity contribution in [3.05, 3.63) is 58.1 Å². The van der Waals surface area contributed by atoms with Gasteiger partial charge in [0.25, 0.3) is 5.91 Å². The molecule has 1 saturated heterocycles. The molecule has 3 rings (SSSR count). The molecule has 1 fully saturated rings. The van der Waals surface area contributed by atoms with Gasteiger partial charge in [0.2, 0.25) is 10.0 Å². The third-order valence-electron chi connectivity index (χ3n) is 4.96. The van der Waals surface area contributed by atoms with Crippen molar-refractivity contribution < 1.29 is 53.8 Å². The fraction of sp³-hybridized carbons (Fsp3) is 0.333. The van der Waals surface area contributed by atoms with Crippen LogP contribution in [0.4, 0.5) is 32.0 Å². The summed E-state index contributed by atoms with van der Waals surface area (Å²) in [5, 5.41) is 2.08. The molecule has 202 valence electrons. The summed E-state index contributed by atoms with van der Waals surface area (Å²) >= 11 is 6.02. The van der Waals surface area contributed by atoms with E-state index in [9.17, 15) is 44.3 Å². The first kappa shape index (κ1) is 28.7. The van der Waals surface area contributed by atoms with E-state index >= 15 is 0 Å². The topological polar surface area (TPSA) is 102 Å². The molecule has 0 bridgehead atoms. The zero-order valence-corrected chi connectivity index (χ0v) is 20.0. The molecule has 8 nitrogen and oxygen atoms in total. The van der Waals surface area contributed by atoms with Crippen LogP contribution < -0.4 is 5.32 Å². The Morgan fingerprint density at radius 2 is 1.54 bits per heavy atom. The van der Waals surface area contributed by atoms with Gasteiger partial charge in [0.05, 0.1) is 34.9 Å². The lowest BCUT2D eigenvalue weighted by Crippen LogP contribution is -2.40. The largest absolute Gasteiger partial charge is 0.452 e. The fourth-order valence-corrected chi connectivity index (χ4v) is 5.10. The van der Waals surface area contributed by atoms with Crippen LogP contribution in [0.15, 0.2) is 41.3 Å². The molecule has 0 spiro atoms. The van der Waals surface area contributed by atoms with E-state index in [0.717, 1.165) is 10.4 Å². The summed E-state index contributed by atoms with van der Waals surface area (Å²) in [6, 6.07) is 3.65. The summed E-state index contributed by atoms with van der Waals surface area (Å²) in [4.78, 5) is 24.0. The molecule has 0 saturated carbocycles. The SMILES string of the molecule is O=C(COC(=O)c1cc(C(F)(F)F)cc(C(F)(F)F)c1)Nc1ccc(Cl)c(S(=O)(=O)N2CCOCC2)c1. The highest BCUT2D eigenvalue weighted by Gasteiger charge is 2.38. The number of anilines is 1. The molecule has 0 aromatic heterocycles. The van der Waals surface area contributed by atoms with E-state index in [-0.39, 0.29) is 60.1 Å². The number of esters is 1. The lowest BCUT2D eigenvalue weighted by Gasteiger charge is -2.26. The molecule has 1 N–H and O–H groups in total. The van der Waals surface area contributed by atoms with E-state index in [2.05, 4.69) is 10.1 Å². The molecule has 1 amide bonds. The average Bonchev–Trinajstić information content (AvgIpc) is 2.82. The highest BCUT2D eigenvalue weighted by molar-refractivity contribution is 7.89. The number of halogens is 7.